The van der Waals surface area contributed by atoms with Crippen molar-refractivity contribution in [3.8, 4) is 0 Å². The lowest BCUT2D eigenvalue weighted by Gasteiger charge is -2.18. The van der Waals surface area contributed by atoms with Crippen LogP contribution in [0.5, 0.6) is 0 Å². The molecule has 0 aromatic carbocycles. The number of nitrogens with zero attached hydrogens (tertiary/aromatic N) is 3. The minimum absolute atomic E-state index is 0.00434. The molecule has 0 radical (unpaired) electrons. The second-order valence-corrected chi connectivity index (χ2v) is 15.7. The topological polar surface area (TPSA) is 130 Å². The summed E-state index contributed by atoms with van der Waals surface area (Å²) in [5.74, 6) is -0.329. The van der Waals surface area contributed by atoms with Crippen LogP contribution in [0, 0.1) is 0 Å². The van der Waals surface area contributed by atoms with Gasteiger partial charge in [-0.25, -0.2) is 4.68 Å². The zero-order valence-electron chi connectivity index (χ0n) is 37.8. The van der Waals surface area contributed by atoms with Gasteiger partial charge < -0.3 is 19.3 Å². The predicted molar refractivity (Wildman–Crippen MR) is 231 cm³/mol. The highest BCUT2D eigenvalue weighted by molar-refractivity contribution is 5.78. The third-order valence-corrected chi connectivity index (χ3v) is 9.65. The Bertz CT molecular complexity index is 1020. The first-order chi connectivity index (χ1) is 27.0. The fourth-order valence-corrected chi connectivity index (χ4v) is 6.04. The van der Waals surface area contributed by atoms with Crippen molar-refractivity contribution < 1.29 is 33.7 Å². The summed E-state index contributed by atoms with van der Waals surface area (Å²) in [6, 6.07) is 0. The first-order valence-electron chi connectivity index (χ1n) is 23.0. The molecule has 0 spiro atoms. The number of ketones is 1. The number of hydrogen-bond donors (Lipinski definition) is 1. The van der Waals surface area contributed by atoms with Gasteiger partial charge in [0.1, 0.15) is 12.4 Å². The second kappa shape index (κ2) is 40.9. The summed E-state index contributed by atoms with van der Waals surface area (Å²) < 4.78 is 17.7. The van der Waals surface area contributed by atoms with Crippen molar-refractivity contribution in [2.45, 2.75) is 246 Å². The lowest BCUT2D eigenvalue weighted by molar-refractivity contribution is -0.160. The smallest absolute Gasteiger partial charge is 0.306 e. The van der Waals surface area contributed by atoms with E-state index >= 15 is 0 Å². The van der Waals surface area contributed by atoms with E-state index in [1.165, 1.54) is 103 Å². The van der Waals surface area contributed by atoms with Gasteiger partial charge in [-0.2, -0.15) is 0 Å². The normalized spacial score (nSPS) is 11.6. The van der Waals surface area contributed by atoms with Crippen LogP contribution in [0.3, 0.4) is 0 Å². The van der Waals surface area contributed by atoms with Gasteiger partial charge in [-0.05, 0) is 39.5 Å². The molecule has 0 saturated carbocycles. The van der Waals surface area contributed by atoms with E-state index in [0.717, 1.165) is 44.2 Å². The Hall–Kier alpha value is -2.33. The lowest BCUT2D eigenvalue weighted by Crippen LogP contribution is -2.30. The standard InChI is InChI=1S/C38H69N3O5.C6H14O2.C2H6/c1-4-7-9-11-13-15-17-19-21-23-25-27-37(43)45-33-36(32-41-31-34(39-40-41)29-30-35(42)6-3)46-38(44)28-26-24-22-20-18-16-14-12-10-8-5-2;1-6(2,7)4-5-8-3;1-2/h31,36H,4-30,32-33H2,1-3H3;7H,4-5H2,1-3H3;1-2H3. The van der Waals surface area contributed by atoms with Crippen LogP contribution in [0.1, 0.15) is 228 Å². The molecule has 0 bridgehead atoms. The Balaban J connectivity index is 0. The van der Waals surface area contributed by atoms with Crippen molar-refractivity contribution in [3.63, 3.8) is 0 Å². The van der Waals surface area contributed by atoms with Crippen molar-refractivity contribution >= 4 is 17.7 Å². The molecule has 1 rings (SSSR count). The maximum atomic E-state index is 12.7. The number of hydrogen-bond acceptors (Lipinski definition) is 9. The number of methoxy groups -OCH3 is 1. The molecule has 1 unspecified atom stereocenters. The summed E-state index contributed by atoms with van der Waals surface area (Å²) in [6.07, 6.45) is 31.0. The van der Waals surface area contributed by atoms with Crippen LogP contribution in [-0.4, -0.2) is 69.9 Å². The Kier molecular flexibility index (Phi) is 40.7. The van der Waals surface area contributed by atoms with Crippen molar-refractivity contribution in [1.29, 1.82) is 0 Å². The Labute approximate surface area is 344 Å². The van der Waals surface area contributed by atoms with Crippen LogP contribution >= 0.6 is 0 Å². The predicted octanol–water partition coefficient (Wildman–Crippen LogP) is 11.9. The van der Waals surface area contributed by atoms with Gasteiger partial charge in [0.2, 0.25) is 0 Å². The van der Waals surface area contributed by atoms with Gasteiger partial charge in [-0.3, -0.25) is 14.4 Å². The van der Waals surface area contributed by atoms with Gasteiger partial charge >= 0.3 is 11.9 Å². The number of esters is 2. The van der Waals surface area contributed by atoms with E-state index in [4.69, 9.17) is 19.3 Å². The zero-order chi connectivity index (χ0) is 42.1. The maximum Gasteiger partial charge on any atom is 0.306 e. The van der Waals surface area contributed by atoms with E-state index in [0.29, 0.717) is 45.1 Å². The monoisotopic (exact) mass is 796 g/mol. The molecule has 1 aromatic rings. The number of unbranched alkanes of at least 4 members (excludes halogenated alkanes) is 20. The van der Waals surface area contributed by atoms with Crippen LogP contribution in [0.2, 0.25) is 0 Å². The number of carbonyl (C=O) groups is 3. The quantitative estimate of drug-likeness (QED) is 0.0521. The molecule has 56 heavy (non-hydrogen) atoms. The fourth-order valence-electron chi connectivity index (χ4n) is 6.04. The van der Waals surface area contributed by atoms with Crippen molar-refractivity contribution in [2.75, 3.05) is 20.3 Å². The molecule has 330 valence electrons. The molecule has 1 N–H and O–H groups in total. The van der Waals surface area contributed by atoms with Crippen LogP contribution < -0.4 is 0 Å². The van der Waals surface area contributed by atoms with Crippen LogP contribution in [0.15, 0.2) is 6.20 Å². The van der Waals surface area contributed by atoms with Gasteiger partial charge in [0.25, 0.3) is 0 Å². The number of Topliss-reactive ketones (excluding diaryl/α,β-unsaturated/α-hetero) is 1. The Morgan fingerprint density at radius 3 is 1.55 bits per heavy atom. The molecule has 0 aliphatic heterocycles. The molecule has 1 aromatic heterocycles. The van der Waals surface area contributed by atoms with E-state index < -0.39 is 11.7 Å². The zero-order valence-corrected chi connectivity index (χ0v) is 37.8. The van der Waals surface area contributed by atoms with Crippen molar-refractivity contribution in [2.24, 2.45) is 0 Å². The first-order valence-corrected chi connectivity index (χ1v) is 23.0. The molecule has 1 atom stereocenters. The average Bonchev–Trinajstić information content (AvgIpc) is 3.64. The Morgan fingerprint density at radius 2 is 1.14 bits per heavy atom. The molecular weight excluding hydrogens is 707 g/mol. The van der Waals surface area contributed by atoms with E-state index in [-0.39, 0.29) is 30.9 Å². The van der Waals surface area contributed by atoms with Gasteiger partial charge in [0.05, 0.1) is 17.8 Å². The van der Waals surface area contributed by atoms with E-state index in [2.05, 4.69) is 24.2 Å². The molecule has 0 aliphatic carbocycles. The van der Waals surface area contributed by atoms with Gasteiger partial charge in [-0.15, -0.1) is 5.10 Å². The molecule has 10 nitrogen and oxygen atoms in total. The number of rotatable bonds is 36. The highest BCUT2D eigenvalue weighted by Crippen LogP contribution is 2.15. The highest BCUT2D eigenvalue weighted by atomic mass is 16.6. The largest absolute Gasteiger partial charge is 0.462 e. The average molecular weight is 796 g/mol. The summed E-state index contributed by atoms with van der Waals surface area (Å²) in [6.45, 7) is 14.8. The molecule has 0 aliphatic rings. The summed E-state index contributed by atoms with van der Waals surface area (Å²) in [4.78, 5) is 36.9. The molecule has 0 saturated heterocycles. The van der Waals surface area contributed by atoms with Crippen molar-refractivity contribution in [1.82, 2.24) is 15.0 Å². The molecule has 0 amide bonds. The van der Waals surface area contributed by atoms with Crippen LogP contribution in [0.25, 0.3) is 0 Å². The van der Waals surface area contributed by atoms with Crippen LogP contribution in [-0.2, 0) is 41.6 Å². The summed E-state index contributed by atoms with van der Waals surface area (Å²) in [7, 11) is 1.63. The van der Waals surface area contributed by atoms with E-state index in [9.17, 15) is 14.4 Å². The van der Waals surface area contributed by atoms with E-state index in [1.807, 2.05) is 20.8 Å². The molecular formula is C46H89N3O7. The van der Waals surface area contributed by atoms with Crippen LogP contribution in [0.4, 0.5) is 0 Å². The summed E-state index contributed by atoms with van der Waals surface area (Å²) >= 11 is 0. The molecule has 1 heterocycles. The SMILES string of the molecule is CC.CCCCCCCCCCCCCC(=O)OCC(Cn1cc(CCC(=O)CC)nn1)OC(=O)CCCCCCCCCCCCC.COCCC(C)(C)O. The number of aromatic nitrogens is 3. The minimum atomic E-state index is -0.631. The van der Waals surface area contributed by atoms with E-state index in [1.54, 1.807) is 31.8 Å². The number of ether oxygens (including phenoxy) is 3. The lowest BCUT2D eigenvalue weighted by atomic mass is 10.1. The summed E-state index contributed by atoms with van der Waals surface area (Å²) in [5, 5.41) is 17.4. The number of aryl methyl sites for hydroxylation is 1. The first kappa shape index (κ1) is 55.8. The van der Waals surface area contributed by atoms with Gasteiger partial charge in [0.15, 0.2) is 6.10 Å². The Morgan fingerprint density at radius 1 is 0.696 bits per heavy atom. The van der Waals surface area contributed by atoms with Gasteiger partial charge in [-0.1, -0.05) is 168 Å². The summed E-state index contributed by atoms with van der Waals surface area (Å²) in [5.41, 5.74) is 0.150. The maximum absolute atomic E-state index is 12.7. The third kappa shape index (κ3) is 39.9. The highest BCUT2D eigenvalue weighted by Gasteiger charge is 2.19. The van der Waals surface area contributed by atoms with Gasteiger partial charge in [0, 0.05) is 45.6 Å². The molecule has 0 fully saturated rings. The minimum Gasteiger partial charge on any atom is -0.462 e. The third-order valence-electron chi connectivity index (χ3n) is 9.65. The second-order valence-electron chi connectivity index (χ2n) is 15.7. The van der Waals surface area contributed by atoms with Crippen molar-refractivity contribution in [3.05, 3.63) is 11.9 Å². The molecule has 10 heteroatoms. The number of carbonyl (C=O) groups excluding carboxylic acids is 3. The fraction of sp³-hybridized carbons (Fsp3) is 0.891. The number of aliphatic hydroxyl groups is 1.